The maximum absolute atomic E-state index is 12.4. The van der Waals surface area contributed by atoms with Crippen LogP contribution in [0.4, 0.5) is 0 Å². The Morgan fingerprint density at radius 1 is 1.17 bits per heavy atom. The van der Waals surface area contributed by atoms with Gasteiger partial charge in [0.25, 0.3) is 0 Å². The molecule has 0 spiro atoms. The predicted octanol–water partition coefficient (Wildman–Crippen LogP) is 2.91. The molecule has 0 saturated carbocycles. The van der Waals surface area contributed by atoms with Crippen molar-refractivity contribution in [3.63, 3.8) is 0 Å². The van der Waals surface area contributed by atoms with Crippen molar-refractivity contribution in [1.82, 2.24) is 4.72 Å². The summed E-state index contributed by atoms with van der Waals surface area (Å²) < 4.78 is 31.9. The van der Waals surface area contributed by atoms with E-state index in [0.29, 0.717) is 0 Å². The maximum Gasteiger partial charge on any atom is 0.337 e. The van der Waals surface area contributed by atoms with E-state index in [-0.39, 0.29) is 22.0 Å². The van der Waals surface area contributed by atoms with E-state index < -0.39 is 16.0 Å². The summed E-state index contributed by atoms with van der Waals surface area (Å²) in [5, 5.41) is 0.0362. The van der Waals surface area contributed by atoms with Gasteiger partial charge < -0.3 is 4.74 Å². The van der Waals surface area contributed by atoms with Crippen LogP contribution in [0.3, 0.4) is 0 Å². The third-order valence-electron chi connectivity index (χ3n) is 3.23. The van der Waals surface area contributed by atoms with Crippen LogP contribution in [0, 0.1) is 6.92 Å². The topological polar surface area (TPSA) is 72.5 Å². The molecule has 0 bridgehead atoms. The van der Waals surface area contributed by atoms with E-state index in [2.05, 4.69) is 9.46 Å². The Morgan fingerprint density at radius 2 is 1.83 bits per heavy atom. The van der Waals surface area contributed by atoms with Crippen LogP contribution in [0.15, 0.2) is 47.4 Å². The van der Waals surface area contributed by atoms with Gasteiger partial charge in [-0.1, -0.05) is 41.4 Å². The Balaban J connectivity index is 2.25. The van der Waals surface area contributed by atoms with Crippen molar-refractivity contribution in [2.45, 2.75) is 18.4 Å². The number of hydrogen-bond acceptors (Lipinski definition) is 4. The highest BCUT2D eigenvalue weighted by atomic mass is 35.5. The van der Waals surface area contributed by atoms with E-state index in [1.807, 2.05) is 31.2 Å². The summed E-state index contributed by atoms with van der Waals surface area (Å²) in [4.78, 5) is 11.4. The van der Waals surface area contributed by atoms with Gasteiger partial charge in [-0.15, -0.1) is 0 Å². The molecular weight excluding hydrogens is 338 g/mol. The molecule has 0 aromatic heterocycles. The van der Waals surface area contributed by atoms with Crippen molar-refractivity contribution in [1.29, 1.82) is 0 Å². The highest BCUT2D eigenvalue weighted by Crippen LogP contribution is 2.23. The summed E-state index contributed by atoms with van der Waals surface area (Å²) in [6, 6.07) is 11.4. The molecule has 7 heteroatoms. The van der Waals surface area contributed by atoms with Gasteiger partial charge in [-0.2, -0.15) is 0 Å². The first-order valence-corrected chi connectivity index (χ1v) is 8.62. The molecule has 5 nitrogen and oxygen atoms in total. The number of nitrogens with one attached hydrogen (secondary N) is 1. The minimum absolute atomic E-state index is 0.0362. The number of esters is 1. The van der Waals surface area contributed by atoms with E-state index in [1.54, 1.807) is 0 Å². The number of methoxy groups -OCH3 is 1. The van der Waals surface area contributed by atoms with Crippen LogP contribution in [0.1, 0.15) is 21.5 Å². The third kappa shape index (κ3) is 4.31. The van der Waals surface area contributed by atoms with Gasteiger partial charge in [0, 0.05) is 6.54 Å². The molecule has 0 heterocycles. The zero-order chi connectivity index (χ0) is 17.0. The van der Waals surface area contributed by atoms with Crippen LogP contribution < -0.4 is 4.72 Å². The molecule has 2 rings (SSSR count). The molecule has 122 valence electrons. The zero-order valence-corrected chi connectivity index (χ0v) is 14.2. The molecule has 0 saturated heterocycles. The summed E-state index contributed by atoms with van der Waals surface area (Å²) in [6.07, 6.45) is 0. The number of sulfonamides is 1. The van der Waals surface area contributed by atoms with Gasteiger partial charge in [0.2, 0.25) is 10.0 Å². The van der Waals surface area contributed by atoms with Gasteiger partial charge in [0.1, 0.15) is 4.90 Å². The fourth-order valence-corrected chi connectivity index (χ4v) is 3.46. The van der Waals surface area contributed by atoms with E-state index in [9.17, 15) is 13.2 Å². The zero-order valence-electron chi connectivity index (χ0n) is 12.7. The van der Waals surface area contributed by atoms with Gasteiger partial charge in [0.05, 0.1) is 17.7 Å². The Kier molecular flexibility index (Phi) is 5.41. The first-order valence-electron chi connectivity index (χ1n) is 6.76. The summed E-state index contributed by atoms with van der Waals surface area (Å²) >= 11 is 5.96. The summed E-state index contributed by atoms with van der Waals surface area (Å²) in [7, 11) is -2.63. The molecule has 0 fully saturated rings. The van der Waals surface area contributed by atoms with Crippen LogP contribution >= 0.6 is 11.6 Å². The van der Waals surface area contributed by atoms with Gasteiger partial charge in [-0.3, -0.25) is 0 Å². The first kappa shape index (κ1) is 17.5. The second-order valence-electron chi connectivity index (χ2n) is 4.95. The lowest BCUT2D eigenvalue weighted by atomic mass is 10.2. The van der Waals surface area contributed by atoms with Crippen molar-refractivity contribution in [3.05, 3.63) is 64.2 Å². The van der Waals surface area contributed by atoms with Crippen LogP contribution in [0.25, 0.3) is 0 Å². The van der Waals surface area contributed by atoms with Crippen molar-refractivity contribution >= 4 is 27.6 Å². The van der Waals surface area contributed by atoms with Crippen molar-refractivity contribution in [2.24, 2.45) is 0 Å². The van der Waals surface area contributed by atoms with Gasteiger partial charge in [0.15, 0.2) is 0 Å². The molecule has 2 aromatic carbocycles. The fraction of sp³-hybridized carbons (Fsp3) is 0.188. The molecule has 0 radical (unpaired) electrons. The van der Waals surface area contributed by atoms with E-state index >= 15 is 0 Å². The second kappa shape index (κ2) is 7.12. The fourth-order valence-electron chi connectivity index (χ4n) is 1.92. The Labute approximate surface area is 140 Å². The smallest absolute Gasteiger partial charge is 0.337 e. The van der Waals surface area contributed by atoms with Crippen molar-refractivity contribution in [3.8, 4) is 0 Å². The average molecular weight is 354 g/mol. The monoisotopic (exact) mass is 353 g/mol. The normalized spacial score (nSPS) is 11.3. The summed E-state index contributed by atoms with van der Waals surface area (Å²) in [6.45, 7) is 2.08. The molecule has 0 atom stereocenters. The average Bonchev–Trinajstić information content (AvgIpc) is 2.54. The second-order valence-corrected chi connectivity index (χ2v) is 7.09. The number of aryl methyl sites for hydroxylation is 1. The van der Waals surface area contributed by atoms with Gasteiger partial charge in [-0.05, 0) is 30.7 Å². The van der Waals surface area contributed by atoms with Crippen LogP contribution in [-0.2, 0) is 21.3 Å². The SMILES string of the molecule is COC(=O)c1ccc(Cl)c(S(=O)(=O)NCc2ccc(C)cc2)c1. The number of rotatable bonds is 5. The number of halogens is 1. The molecule has 0 aliphatic heterocycles. The molecule has 2 aromatic rings. The lowest BCUT2D eigenvalue weighted by Crippen LogP contribution is -2.24. The van der Waals surface area contributed by atoms with Crippen LogP contribution in [0.2, 0.25) is 5.02 Å². The number of carbonyl (C=O) groups excluding carboxylic acids is 1. The molecule has 0 aliphatic rings. The van der Waals surface area contributed by atoms with E-state index in [0.717, 1.165) is 11.1 Å². The molecule has 0 amide bonds. The lowest BCUT2D eigenvalue weighted by Gasteiger charge is -2.10. The maximum atomic E-state index is 12.4. The van der Waals surface area contributed by atoms with Crippen LogP contribution in [0.5, 0.6) is 0 Å². The van der Waals surface area contributed by atoms with E-state index in [1.165, 1.54) is 25.3 Å². The van der Waals surface area contributed by atoms with Crippen molar-refractivity contribution < 1.29 is 17.9 Å². The van der Waals surface area contributed by atoms with Gasteiger partial charge >= 0.3 is 5.97 Å². The Morgan fingerprint density at radius 3 is 2.43 bits per heavy atom. The highest BCUT2D eigenvalue weighted by molar-refractivity contribution is 7.89. The largest absolute Gasteiger partial charge is 0.465 e. The lowest BCUT2D eigenvalue weighted by molar-refractivity contribution is 0.0600. The Hall–Kier alpha value is -1.89. The summed E-state index contributed by atoms with van der Waals surface area (Å²) in [5.41, 5.74) is 2.03. The number of ether oxygens (including phenoxy) is 1. The standard InChI is InChI=1S/C16H16ClNO4S/c1-11-3-5-12(6-4-11)10-18-23(20,21)15-9-13(16(19)22-2)7-8-14(15)17/h3-9,18H,10H2,1-2H3. The minimum atomic E-state index is -3.85. The van der Waals surface area contributed by atoms with E-state index in [4.69, 9.17) is 11.6 Å². The summed E-state index contributed by atoms with van der Waals surface area (Å²) in [5.74, 6) is -0.628. The predicted molar refractivity (Wildman–Crippen MR) is 88.0 cm³/mol. The Bertz CT molecular complexity index is 816. The van der Waals surface area contributed by atoms with Gasteiger partial charge in [-0.25, -0.2) is 17.9 Å². The first-order chi connectivity index (χ1) is 10.8. The van der Waals surface area contributed by atoms with Crippen molar-refractivity contribution in [2.75, 3.05) is 7.11 Å². The molecule has 0 unspecified atom stereocenters. The quantitative estimate of drug-likeness (QED) is 0.839. The number of benzene rings is 2. The number of hydrogen-bond donors (Lipinski definition) is 1. The highest BCUT2D eigenvalue weighted by Gasteiger charge is 2.20. The minimum Gasteiger partial charge on any atom is -0.465 e. The van der Waals surface area contributed by atoms with Crippen LogP contribution in [-0.4, -0.2) is 21.5 Å². The number of carbonyl (C=O) groups is 1. The molecule has 0 aliphatic carbocycles. The molecule has 23 heavy (non-hydrogen) atoms. The molecular formula is C16H16ClNO4S. The molecule has 1 N–H and O–H groups in total. The third-order valence-corrected chi connectivity index (χ3v) is 5.11.